The first-order valence-corrected chi connectivity index (χ1v) is 8.33. The van der Waals surface area contributed by atoms with Gasteiger partial charge in [-0.3, -0.25) is 4.79 Å². The first-order valence-electron chi connectivity index (χ1n) is 6.02. The van der Waals surface area contributed by atoms with Crippen LogP contribution in [0.15, 0.2) is 29.2 Å². The molecule has 0 saturated heterocycles. The highest BCUT2D eigenvalue weighted by atomic mass is 35.5. The quantitative estimate of drug-likeness (QED) is 0.810. The fourth-order valence-corrected chi connectivity index (χ4v) is 3.19. The van der Waals surface area contributed by atoms with Crippen LogP contribution in [0.3, 0.4) is 0 Å². The summed E-state index contributed by atoms with van der Waals surface area (Å²) in [4.78, 5) is 10.3. The molecular weight excluding hydrogens is 323 g/mol. The van der Waals surface area contributed by atoms with Gasteiger partial charge in [-0.2, -0.15) is 4.31 Å². The normalized spacial score (nSPS) is 11.9. The molecule has 1 amide bonds. The van der Waals surface area contributed by atoms with E-state index in [2.05, 4.69) is 5.32 Å². The maximum Gasteiger partial charge on any atom is 0.257 e. The van der Waals surface area contributed by atoms with Gasteiger partial charge < -0.3 is 5.32 Å². The third kappa shape index (κ3) is 4.09. The number of halogens is 2. The number of carbonyl (C=O) groups excluding carboxylic acids is 1. The molecule has 0 radical (unpaired) electrons. The maximum atomic E-state index is 12.2. The smallest absolute Gasteiger partial charge is 0.257 e. The van der Waals surface area contributed by atoms with Crippen molar-refractivity contribution in [2.75, 3.05) is 18.4 Å². The second-order valence-electron chi connectivity index (χ2n) is 3.90. The van der Waals surface area contributed by atoms with Gasteiger partial charge in [-0.15, -0.1) is 0 Å². The van der Waals surface area contributed by atoms with E-state index in [4.69, 9.17) is 23.2 Å². The minimum Gasteiger partial charge on any atom is -0.324 e. The summed E-state index contributed by atoms with van der Waals surface area (Å²) in [6, 6.07) is 5.84. The van der Waals surface area contributed by atoms with Crippen LogP contribution in [0.2, 0.25) is 0 Å². The molecule has 0 aliphatic carbocycles. The predicted octanol–water partition coefficient (Wildman–Crippen LogP) is 2.46. The molecule has 0 aliphatic heterocycles. The zero-order chi connectivity index (χ0) is 15.3. The SMILES string of the molecule is CCN(CC)S(=O)(=O)c1ccc(NC(=O)C(Cl)Cl)cc1. The van der Waals surface area contributed by atoms with Crippen molar-refractivity contribution >= 4 is 44.8 Å². The molecule has 0 atom stereocenters. The second-order valence-corrected chi connectivity index (χ2v) is 6.94. The fourth-order valence-electron chi connectivity index (χ4n) is 1.62. The summed E-state index contributed by atoms with van der Waals surface area (Å²) in [5, 5.41) is 2.47. The maximum absolute atomic E-state index is 12.2. The molecule has 0 saturated carbocycles. The number of hydrogen-bond acceptors (Lipinski definition) is 3. The lowest BCUT2D eigenvalue weighted by Crippen LogP contribution is -2.30. The summed E-state index contributed by atoms with van der Waals surface area (Å²) < 4.78 is 25.8. The van der Waals surface area contributed by atoms with Gasteiger partial charge in [0, 0.05) is 18.8 Å². The molecule has 1 rings (SSSR count). The van der Waals surface area contributed by atoms with Crippen LogP contribution in [0.1, 0.15) is 13.8 Å². The zero-order valence-electron chi connectivity index (χ0n) is 11.1. The molecule has 5 nitrogen and oxygen atoms in total. The van der Waals surface area contributed by atoms with Crippen LogP contribution in [0.5, 0.6) is 0 Å². The number of nitrogens with zero attached hydrogens (tertiary/aromatic N) is 1. The van der Waals surface area contributed by atoms with Gasteiger partial charge in [-0.25, -0.2) is 8.42 Å². The molecule has 0 aromatic heterocycles. The Morgan fingerprint density at radius 3 is 2.10 bits per heavy atom. The third-order valence-corrected chi connectivity index (χ3v) is 5.12. The Labute approximate surface area is 128 Å². The number of carbonyl (C=O) groups is 1. The fraction of sp³-hybridized carbons (Fsp3) is 0.417. The van der Waals surface area contributed by atoms with E-state index in [0.717, 1.165) is 0 Å². The Hall–Kier alpha value is -0.820. The lowest BCUT2D eigenvalue weighted by molar-refractivity contribution is -0.114. The van der Waals surface area contributed by atoms with E-state index in [0.29, 0.717) is 18.8 Å². The number of sulfonamides is 1. The Morgan fingerprint density at radius 2 is 1.70 bits per heavy atom. The monoisotopic (exact) mass is 338 g/mol. The van der Waals surface area contributed by atoms with Crippen molar-refractivity contribution in [3.05, 3.63) is 24.3 Å². The van der Waals surface area contributed by atoms with Gasteiger partial charge >= 0.3 is 0 Å². The molecule has 0 unspecified atom stereocenters. The van der Waals surface area contributed by atoms with Crippen LogP contribution < -0.4 is 5.32 Å². The topological polar surface area (TPSA) is 66.5 Å². The molecule has 20 heavy (non-hydrogen) atoms. The van der Waals surface area contributed by atoms with Gasteiger partial charge in [-0.1, -0.05) is 37.0 Å². The molecule has 0 spiro atoms. The van der Waals surface area contributed by atoms with E-state index in [1.807, 2.05) is 0 Å². The number of hydrogen-bond donors (Lipinski definition) is 1. The average Bonchev–Trinajstić information content (AvgIpc) is 2.40. The highest BCUT2D eigenvalue weighted by molar-refractivity contribution is 7.89. The van der Waals surface area contributed by atoms with Gasteiger partial charge in [0.1, 0.15) is 0 Å². The highest BCUT2D eigenvalue weighted by Crippen LogP contribution is 2.18. The molecule has 8 heteroatoms. The Morgan fingerprint density at radius 1 is 1.20 bits per heavy atom. The van der Waals surface area contributed by atoms with E-state index in [1.54, 1.807) is 13.8 Å². The van der Waals surface area contributed by atoms with Crippen molar-refractivity contribution in [1.82, 2.24) is 4.31 Å². The molecular formula is C12H16Cl2N2O3S. The van der Waals surface area contributed by atoms with Gasteiger partial charge in [0.05, 0.1) is 4.90 Å². The predicted molar refractivity (Wildman–Crippen MR) is 80.7 cm³/mol. The van der Waals surface area contributed by atoms with Crippen LogP contribution in [0.25, 0.3) is 0 Å². The highest BCUT2D eigenvalue weighted by Gasteiger charge is 2.21. The van der Waals surface area contributed by atoms with Crippen LogP contribution in [-0.4, -0.2) is 36.6 Å². The Kier molecular flexibility index (Phi) is 6.26. The van der Waals surface area contributed by atoms with Crippen LogP contribution in [0.4, 0.5) is 5.69 Å². The molecule has 0 fully saturated rings. The van der Waals surface area contributed by atoms with E-state index >= 15 is 0 Å². The van der Waals surface area contributed by atoms with Crippen LogP contribution in [0, 0.1) is 0 Å². The molecule has 1 aromatic carbocycles. The number of benzene rings is 1. The average molecular weight is 339 g/mol. The standard InChI is InChI=1S/C12H16Cl2N2O3S/c1-3-16(4-2)20(18,19)10-7-5-9(6-8-10)15-12(17)11(13)14/h5-8,11H,3-4H2,1-2H3,(H,15,17). The van der Waals surface area contributed by atoms with Crippen molar-refractivity contribution in [3.8, 4) is 0 Å². The van der Waals surface area contributed by atoms with Crippen molar-refractivity contribution in [3.63, 3.8) is 0 Å². The van der Waals surface area contributed by atoms with Gasteiger partial charge in [0.2, 0.25) is 10.0 Å². The van der Waals surface area contributed by atoms with E-state index in [-0.39, 0.29) is 4.90 Å². The summed E-state index contributed by atoms with van der Waals surface area (Å²) in [6.45, 7) is 4.35. The second kappa shape index (κ2) is 7.26. The van der Waals surface area contributed by atoms with E-state index in [1.165, 1.54) is 28.6 Å². The molecule has 0 heterocycles. The summed E-state index contributed by atoms with van der Waals surface area (Å²) >= 11 is 10.8. The molecule has 0 bridgehead atoms. The van der Waals surface area contributed by atoms with Crippen molar-refractivity contribution in [2.24, 2.45) is 0 Å². The van der Waals surface area contributed by atoms with Crippen LogP contribution >= 0.6 is 23.2 Å². The summed E-state index contributed by atoms with van der Waals surface area (Å²) in [7, 11) is -3.49. The third-order valence-electron chi connectivity index (χ3n) is 2.66. The first-order chi connectivity index (χ1) is 9.32. The lowest BCUT2D eigenvalue weighted by atomic mass is 10.3. The zero-order valence-corrected chi connectivity index (χ0v) is 13.5. The number of anilines is 1. The van der Waals surface area contributed by atoms with Crippen LogP contribution in [-0.2, 0) is 14.8 Å². The Bertz CT molecular complexity index is 555. The van der Waals surface area contributed by atoms with Gasteiger partial charge in [0.15, 0.2) is 4.84 Å². The van der Waals surface area contributed by atoms with Gasteiger partial charge in [0.25, 0.3) is 5.91 Å². The van der Waals surface area contributed by atoms with E-state index < -0.39 is 20.8 Å². The Balaban J connectivity index is 2.94. The van der Waals surface area contributed by atoms with Crippen molar-refractivity contribution in [2.45, 2.75) is 23.6 Å². The number of amides is 1. The first kappa shape index (κ1) is 17.2. The number of rotatable bonds is 6. The van der Waals surface area contributed by atoms with E-state index in [9.17, 15) is 13.2 Å². The molecule has 1 N–H and O–H groups in total. The molecule has 1 aromatic rings. The number of nitrogens with one attached hydrogen (secondary N) is 1. The van der Waals surface area contributed by atoms with Gasteiger partial charge in [-0.05, 0) is 24.3 Å². The lowest BCUT2D eigenvalue weighted by Gasteiger charge is -2.18. The molecule has 0 aliphatic rings. The molecule has 112 valence electrons. The minimum absolute atomic E-state index is 0.174. The van der Waals surface area contributed by atoms with Crippen molar-refractivity contribution in [1.29, 1.82) is 0 Å². The van der Waals surface area contributed by atoms with Crippen molar-refractivity contribution < 1.29 is 13.2 Å². The number of alkyl halides is 2. The minimum atomic E-state index is -3.49. The largest absolute Gasteiger partial charge is 0.324 e. The summed E-state index contributed by atoms with van der Waals surface area (Å²) in [5.41, 5.74) is 0.430. The summed E-state index contributed by atoms with van der Waals surface area (Å²) in [6.07, 6.45) is 0. The summed E-state index contributed by atoms with van der Waals surface area (Å²) in [5.74, 6) is -0.562.